The molecule has 6 heteroatoms. The topological polar surface area (TPSA) is 77.1 Å². The Morgan fingerprint density at radius 2 is 2.10 bits per heavy atom. The molecule has 0 radical (unpaired) electrons. The quantitative estimate of drug-likeness (QED) is 0.254. The third-order valence-electron chi connectivity index (χ3n) is 2.66. The van der Waals surface area contributed by atoms with Crippen LogP contribution in [0.25, 0.3) is 0 Å². The second-order valence-electron chi connectivity index (χ2n) is 4.77. The van der Waals surface area contributed by atoms with Gasteiger partial charge in [0, 0.05) is 12.2 Å². The Hall–Kier alpha value is -1.46. The summed E-state index contributed by atoms with van der Waals surface area (Å²) in [7, 11) is 0. The number of amidine groups is 1. The fourth-order valence-electron chi connectivity index (χ4n) is 1.49. The number of nitrogens with two attached hydrogens (primary N) is 1. The predicted molar refractivity (Wildman–Crippen MR) is 79.7 cm³/mol. The van der Waals surface area contributed by atoms with Crippen LogP contribution >= 0.6 is 11.6 Å². The van der Waals surface area contributed by atoms with Gasteiger partial charge in [-0.15, -0.1) is 0 Å². The largest absolute Gasteiger partial charge is 0.491 e. The number of halogens is 1. The molecule has 0 spiro atoms. The summed E-state index contributed by atoms with van der Waals surface area (Å²) in [4.78, 5) is 0. The molecule has 0 saturated heterocycles. The van der Waals surface area contributed by atoms with Gasteiger partial charge in [0.2, 0.25) is 0 Å². The molecule has 0 aliphatic carbocycles. The van der Waals surface area contributed by atoms with Gasteiger partial charge in [-0.05, 0) is 30.5 Å². The molecule has 3 N–H and O–H groups in total. The van der Waals surface area contributed by atoms with E-state index in [-0.39, 0.29) is 5.84 Å². The van der Waals surface area contributed by atoms with Gasteiger partial charge in [0.05, 0.1) is 11.6 Å². The maximum atomic E-state index is 8.60. The first-order valence-electron chi connectivity index (χ1n) is 6.52. The molecular weight excluding hydrogens is 280 g/mol. The molecular formula is C14H21ClN2O3. The van der Waals surface area contributed by atoms with E-state index in [9.17, 15) is 0 Å². The van der Waals surface area contributed by atoms with E-state index in [1.807, 2.05) is 0 Å². The number of oxime groups is 1. The van der Waals surface area contributed by atoms with Crippen LogP contribution in [-0.4, -0.2) is 30.9 Å². The molecule has 0 atom stereocenters. The van der Waals surface area contributed by atoms with Crippen LogP contribution in [0.4, 0.5) is 0 Å². The molecule has 0 heterocycles. The molecule has 0 amide bonds. The molecule has 112 valence electrons. The van der Waals surface area contributed by atoms with Gasteiger partial charge in [-0.3, -0.25) is 0 Å². The van der Waals surface area contributed by atoms with E-state index < -0.39 is 0 Å². The van der Waals surface area contributed by atoms with Crippen molar-refractivity contribution in [3.8, 4) is 5.75 Å². The molecule has 0 unspecified atom stereocenters. The molecule has 1 aromatic carbocycles. The lowest BCUT2D eigenvalue weighted by Gasteiger charge is -2.09. The highest BCUT2D eigenvalue weighted by atomic mass is 35.5. The Bertz CT molecular complexity index is 450. The Kier molecular flexibility index (Phi) is 7.18. The zero-order valence-electron chi connectivity index (χ0n) is 11.8. The number of benzene rings is 1. The van der Waals surface area contributed by atoms with E-state index in [4.69, 9.17) is 32.0 Å². The summed E-state index contributed by atoms with van der Waals surface area (Å²) >= 11 is 6.02. The number of hydrogen-bond donors (Lipinski definition) is 2. The first-order valence-corrected chi connectivity index (χ1v) is 6.90. The van der Waals surface area contributed by atoms with Crippen molar-refractivity contribution in [3.63, 3.8) is 0 Å². The third-order valence-corrected chi connectivity index (χ3v) is 2.97. The molecule has 1 rings (SSSR count). The minimum atomic E-state index is -0.0291. The zero-order valence-corrected chi connectivity index (χ0v) is 12.6. The van der Waals surface area contributed by atoms with Crippen molar-refractivity contribution >= 4 is 17.4 Å². The third kappa shape index (κ3) is 5.67. The van der Waals surface area contributed by atoms with Crippen LogP contribution in [-0.2, 0) is 4.74 Å². The van der Waals surface area contributed by atoms with Crippen LogP contribution in [0.1, 0.15) is 25.8 Å². The Balaban J connectivity index is 2.37. The number of rotatable bonds is 8. The van der Waals surface area contributed by atoms with E-state index >= 15 is 0 Å². The summed E-state index contributed by atoms with van der Waals surface area (Å²) in [5.74, 6) is 1.23. The van der Waals surface area contributed by atoms with E-state index in [1.165, 1.54) is 0 Å². The van der Waals surface area contributed by atoms with Gasteiger partial charge >= 0.3 is 0 Å². The van der Waals surface area contributed by atoms with E-state index in [2.05, 4.69) is 19.0 Å². The van der Waals surface area contributed by atoms with Crippen molar-refractivity contribution in [2.24, 2.45) is 16.8 Å². The van der Waals surface area contributed by atoms with Gasteiger partial charge in [0.1, 0.15) is 12.4 Å². The molecule has 1 aromatic rings. The molecule has 5 nitrogen and oxygen atoms in total. The van der Waals surface area contributed by atoms with E-state index in [0.717, 1.165) is 13.0 Å². The van der Waals surface area contributed by atoms with Gasteiger partial charge in [-0.2, -0.15) is 0 Å². The minimum Gasteiger partial charge on any atom is -0.491 e. The summed E-state index contributed by atoms with van der Waals surface area (Å²) in [5.41, 5.74) is 5.95. The van der Waals surface area contributed by atoms with Crippen molar-refractivity contribution in [1.29, 1.82) is 0 Å². The average molecular weight is 301 g/mol. The normalized spacial score (nSPS) is 11.9. The highest BCUT2D eigenvalue weighted by Gasteiger charge is 2.06. The van der Waals surface area contributed by atoms with Gasteiger partial charge in [-0.1, -0.05) is 30.6 Å². The smallest absolute Gasteiger partial charge is 0.171 e. The summed E-state index contributed by atoms with van der Waals surface area (Å²) in [5, 5.41) is 11.9. The Morgan fingerprint density at radius 3 is 2.70 bits per heavy atom. The second-order valence-corrected chi connectivity index (χ2v) is 5.18. The van der Waals surface area contributed by atoms with Crippen LogP contribution in [0.3, 0.4) is 0 Å². The van der Waals surface area contributed by atoms with Crippen molar-refractivity contribution in [2.45, 2.75) is 20.3 Å². The monoisotopic (exact) mass is 300 g/mol. The molecule has 0 aliphatic heterocycles. The highest BCUT2D eigenvalue weighted by Crippen LogP contribution is 2.22. The summed E-state index contributed by atoms with van der Waals surface area (Å²) < 4.78 is 11.0. The lowest BCUT2D eigenvalue weighted by molar-refractivity contribution is 0.0926. The number of ether oxygens (including phenoxy) is 2. The standard InChI is InChI=1S/C14H21ClN2O3/c1-10(2)5-6-19-7-8-20-11-3-4-12(13(15)9-11)14(16)17-18/h3-4,9-10,18H,5-8H2,1-2H3,(H2,16,17). The van der Waals surface area contributed by atoms with Crippen LogP contribution in [0.2, 0.25) is 5.02 Å². The van der Waals surface area contributed by atoms with Crippen molar-refractivity contribution in [1.82, 2.24) is 0 Å². The molecule has 0 aliphatic rings. The van der Waals surface area contributed by atoms with Gasteiger partial charge in [0.25, 0.3) is 0 Å². The average Bonchev–Trinajstić information content (AvgIpc) is 2.41. The Labute approximate surface area is 124 Å². The fourth-order valence-corrected chi connectivity index (χ4v) is 1.75. The molecule has 0 aromatic heterocycles. The molecule has 20 heavy (non-hydrogen) atoms. The van der Waals surface area contributed by atoms with Crippen LogP contribution in [0.15, 0.2) is 23.4 Å². The summed E-state index contributed by atoms with van der Waals surface area (Å²) in [6.07, 6.45) is 1.04. The van der Waals surface area contributed by atoms with Crippen molar-refractivity contribution in [2.75, 3.05) is 19.8 Å². The van der Waals surface area contributed by atoms with Crippen LogP contribution in [0.5, 0.6) is 5.75 Å². The van der Waals surface area contributed by atoms with Crippen LogP contribution < -0.4 is 10.5 Å². The summed E-state index contributed by atoms with van der Waals surface area (Å²) in [6.45, 7) is 6.05. The van der Waals surface area contributed by atoms with Gasteiger partial charge in [0.15, 0.2) is 5.84 Å². The fraction of sp³-hybridized carbons (Fsp3) is 0.500. The SMILES string of the molecule is CC(C)CCOCCOc1ccc(/C(N)=N/O)c(Cl)c1. The lowest BCUT2D eigenvalue weighted by Crippen LogP contribution is -2.14. The van der Waals surface area contributed by atoms with Crippen LogP contribution in [0, 0.1) is 5.92 Å². The Morgan fingerprint density at radius 1 is 1.35 bits per heavy atom. The predicted octanol–water partition coefficient (Wildman–Crippen LogP) is 2.88. The van der Waals surface area contributed by atoms with E-state index in [1.54, 1.807) is 18.2 Å². The first kappa shape index (κ1) is 16.6. The number of nitrogens with zero attached hydrogens (tertiary/aromatic N) is 1. The number of hydrogen-bond acceptors (Lipinski definition) is 4. The summed E-state index contributed by atoms with van der Waals surface area (Å²) in [6, 6.07) is 4.99. The maximum Gasteiger partial charge on any atom is 0.171 e. The van der Waals surface area contributed by atoms with Crippen molar-refractivity contribution < 1.29 is 14.7 Å². The van der Waals surface area contributed by atoms with E-state index in [0.29, 0.717) is 35.5 Å². The minimum absolute atomic E-state index is 0.0291. The molecule has 0 bridgehead atoms. The maximum absolute atomic E-state index is 8.60. The first-order chi connectivity index (χ1) is 9.54. The second kappa shape index (κ2) is 8.66. The van der Waals surface area contributed by atoms with Gasteiger partial charge in [-0.25, -0.2) is 0 Å². The van der Waals surface area contributed by atoms with Gasteiger partial charge < -0.3 is 20.4 Å². The highest BCUT2D eigenvalue weighted by molar-refractivity contribution is 6.34. The zero-order chi connectivity index (χ0) is 15.0. The molecule has 0 fully saturated rings. The van der Waals surface area contributed by atoms with Crippen molar-refractivity contribution in [3.05, 3.63) is 28.8 Å². The lowest BCUT2D eigenvalue weighted by atomic mass is 10.1. The molecule has 0 saturated carbocycles.